The number of nitrogens with zero attached hydrogens (tertiary/aromatic N) is 5. The highest BCUT2D eigenvalue weighted by Gasteiger charge is 2.49. The summed E-state index contributed by atoms with van der Waals surface area (Å²) in [6.45, 7) is 2.60. The first-order valence-electron chi connectivity index (χ1n) is 15.9. The van der Waals surface area contributed by atoms with Gasteiger partial charge < -0.3 is 19.1 Å². The molecule has 1 aliphatic carbocycles. The van der Waals surface area contributed by atoms with Crippen LogP contribution in [0.25, 0.3) is 32.9 Å². The van der Waals surface area contributed by atoms with Crippen LogP contribution in [0.15, 0.2) is 30.5 Å². The van der Waals surface area contributed by atoms with Gasteiger partial charge >= 0.3 is 12.0 Å². The number of esters is 1. The maximum Gasteiger partial charge on any atom is 0.344 e. The molecule has 0 radical (unpaired) electrons. The number of aromatic nitrogens is 3. The van der Waals surface area contributed by atoms with E-state index in [1.165, 1.54) is 24.4 Å². The van der Waals surface area contributed by atoms with Crippen LogP contribution in [0, 0.1) is 24.0 Å². The van der Waals surface area contributed by atoms with Gasteiger partial charge in [0.25, 0.3) is 0 Å². The second kappa shape index (κ2) is 12.4. The molecule has 3 aliphatic rings. The molecular weight excluding hydrogens is 630 g/mol. The fourth-order valence-electron chi connectivity index (χ4n) is 7.07. The molecule has 7 rings (SSSR count). The summed E-state index contributed by atoms with van der Waals surface area (Å²) in [5.74, 6) is 0.558. The lowest BCUT2D eigenvalue weighted by Crippen LogP contribution is -2.43. The van der Waals surface area contributed by atoms with Crippen molar-refractivity contribution in [1.82, 2.24) is 19.9 Å². The average Bonchev–Trinajstić information content (AvgIpc) is 3.55. The van der Waals surface area contributed by atoms with Crippen LogP contribution in [0.2, 0.25) is 0 Å². The van der Waals surface area contributed by atoms with E-state index in [0.717, 1.165) is 19.4 Å². The quantitative estimate of drug-likeness (QED) is 0.123. The van der Waals surface area contributed by atoms with Gasteiger partial charge in [0.1, 0.15) is 47.5 Å². The maximum absolute atomic E-state index is 16.9. The Kier molecular flexibility index (Phi) is 8.23. The third kappa shape index (κ3) is 5.61. The number of halogens is 4. The van der Waals surface area contributed by atoms with Crippen LogP contribution in [0.5, 0.6) is 11.8 Å². The van der Waals surface area contributed by atoms with E-state index in [-0.39, 0.29) is 70.3 Å². The van der Waals surface area contributed by atoms with E-state index in [2.05, 4.69) is 25.8 Å². The minimum Gasteiger partial charge on any atom is -0.482 e. The fourth-order valence-corrected chi connectivity index (χ4v) is 7.07. The molecule has 4 atom stereocenters. The highest BCUT2D eigenvalue weighted by Crippen LogP contribution is 2.43. The molecule has 0 N–H and O–H groups in total. The van der Waals surface area contributed by atoms with Crippen molar-refractivity contribution in [3.8, 4) is 35.4 Å². The molecular formula is C35H33F4N5O4. The number of terminal acetylenes is 1. The monoisotopic (exact) mass is 663 g/mol. The highest BCUT2D eigenvalue weighted by atomic mass is 19.1. The van der Waals surface area contributed by atoms with Crippen molar-refractivity contribution in [2.45, 2.75) is 56.5 Å². The second-order valence-corrected chi connectivity index (χ2v) is 12.5. The third-order valence-corrected chi connectivity index (χ3v) is 9.49. The number of carbonyl (C=O) groups is 1. The van der Waals surface area contributed by atoms with Crippen molar-refractivity contribution < 1.29 is 36.6 Å². The summed E-state index contributed by atoms with van der Waals surface area (Å²) < 4.78 is 77.2. The maximum atomic E-state index is 16.9. The van der Waals surface area contributed by atoms with Gasteiger partial charge in [-0.25, -0.2) is 22.4 Å². The normalized spacial score (nSPS) is 23.2. The summed E-state index contributed by atoms with van der Waals surface area (Å²) >= 11 is 0. The van der Waals surface area contributed by atoms with Crippen molar-refractivity contribution in [1.29, 1.82) is 0 Å². The number of benzene rings is 2. The van der Waals surface area contributed by atoms with E-state index in [9.17, 15) is 18.0 Å². The topological polar surface area (TPSA) is 89.9 Å². The Labute approximate surface area is 274 Å². The molecule has 2 saturated heterocycles. The molecule has 2 aliphatic heterocycles. The summed E-state index contributed by atoms with van der Waals surface area (Å²) in [5.41, 5.74) is -0.909. The Morgan fingerprint density at radius 3 is 2.77 bits per heavy atom. The van der Waals surface area contributed by atoms with Crippen molar-refractivity contribution in [2.24, 2.45) is 0 Å². The first kappa shape index (κ1) is 31.9. The number of alkyl halides is 2. The Morgan fingerprint density at radius 1 is 1.21 bits per heavy atom. The number of hydrogen-bond donors (Lipinski definition) is 0. The zero-order chi connectivity index (χ0) is 33.7. The Morgan fingerprint density at radius 2 is 2.02 bits per heavy atom. The van der Waals surface area contributed by atoms with Gasteiger partial charge in [0.05, 0.1) is 29.1 Å². The van der Waals surface area contributed by atoms with Crippen molar-refractivity contribution in [3.63, 3.8) is 0 Å². The molecule has 1 saturated carbocycles. The molecule has 2 aromatic carbocycles. The molecule has 0 spiro atoms. The Balaban J connectivity index is 1.36. The number of rotatable bonds is 10. The molecule has 4 heterocycles. The van der Waals surface area contributed by atoms with Crippen molar-refractivity contribution >= 4 is 33.5 Å². The summed E-state index contributed by atoms with van der Waals surface area (Å²) in [4.78, 5) is 29.1. The molecule has 250 valence electrons. The van der Waals surface area contributed by atoms with E-state index in [4.69, 9.17) is 20.6 Å². The minimum absolute atomic E-state index is 0.0978. The van der Waals surface area contributed by atoms with Gasteiger partial charge in [-0.15, -0.1) is 6.42 Å². The smallest absolute Gasteiger partial charge is 0.344 e. The van der Waals surface area contributed by atoms with Crippen LogP contribution in [-0.2, 0) is 9.53 Å². The molecule has 13 heteroatoms. The molecule has 0 amide bonds. The summed E-state index contributed by atoms with van der Waals surface area (Å²) in [6, 6.07) is 5.01. The Hall–Kier alpha value is -4.70. The van der Waals surface area contributed by atoms with Gasteiger partial charge in [0.15, 0.2) is 12.4 Å². The zero-order valence-electron chi connectivity index (χ0n) is 26.4. The van der Waals surface area contributed by atoms with E-state index in [1.54, 1.807) is 24.9 Å². The predicted molar refractivity (Wildman–Crippen MR) is 171 cm³/mol. The van der Waals surface area contributed by atoms with Gasteiger partial charge in [0.2, 0.25) is 0 Å². The van der Waals surface area contributed by atoms with Crippen LogP contribution >= 0.6 is 0 Å². The fraction of sp³-hybridized carbons (Fsp3) is 0.429. The number of carbonyl (C=O) groups excluding carboxylic acids is 1. The number of anilines is 1. The van der Waals surface area contributed by atoms with Gasteiger partial charge in [-0.1, -0.05) is 12.0 Å². The highest BCUT2D eigenvalue weighted by molar-refractivity contribution is 6.03. The molecule has 48 heavy (non-hydrogen) atoms. The van der Waals surface area contributed by atoms with E-state index < -0.39 is 48.1 Å². The molecule has 0 bridgehead atoms. The lowest BCUT2D eigenvalue weighted by atomic mass is 9.95. The van der Waals surface area contributed by atoms with Gasteiger partial charge in [-0.05, 0) is 49.9 Å². The second-order valence-electron chi connectivity index (χ2n) is 12.5. The van der Waals surface area contributed by atoms with E-state index >= 15 is 4.39 Å². The molecule has 3 fully saturated rings. The molecule has 2 aromatic heterocycles. The van der Waals surface area contributed by atoms with Crippen LogP contribution in [0.4, 0.5) is 23.4 Å². The first-order valence-corrected chi connectivity index (χ1v) is 15.9. The predicted octanol–water partition coefficient (Wildman–Crippen LogP) is 5.55. The molecule has 9 nitrogen and oxygen atoms in total. The molecule has 0 unspecified atom stereocenters. The third-order valence-electron chi connectivity index (χ3n) is 9.49. The number of ether oxygens (including phenoxy) is 3. The van der Waals surface area contributed by atoms with Crippen LogP contribution in [0.3, 0.4) is 0 Å². The summed E-state index contributed by atoms with van der Waals surface area (Å²) in [5, 5.41) is 0.827. The number of fused-ring (bicyclic) bond motifs is 3. The summed E-state index contributed by atoms with van der Waals surface area (Å²) in [7, 11) is 1.66. The summed E-state index contributed by atoms with van der Waals surface area (Å²) in [6.07, 6.45) is 7.29. The first-order chi connectivity index (χ1) is 23.1. The van der Waals surface area contributed by atoms with E-state index in [1.807, 2.05) is 0 Å². The van der Waals surface area contributed by atoms with Crippen molar-refractivity contribution in [3.05, 3.63) is 47.7 Å². The largest absolute Gasteiger partial charge is 0.482 e. The molecule has 4 aromatic rings. The average molecular weight is 664 g/mol. The van der Waals surface area contributed by atoms with Gasteiger partial charge in [-0.2, -0.15) is 9.97 Å². The van der Waals surface area contributed by atoms with E-state index in [0.29, 0.717) is 18.4 Å². The van der Waals surface area contributed by atoms with Crippen molar-refractivity contribution in [2.75, 3.05) is 44.9 Å². The number of pyridine rings is 1. The lowest BCUT2D eigenvalue weighted by Gasteiger charge is -2.31. The van der Waals surface area contributed by atoms with Gasteiger partial charge in [0, 0.05) is 43.6 Å². The lowest BCUT2D eigenvalue weighted by molar-refractivity contribution is -0.145. The Bertz CT molecular complexity index is 1970. The minimum atomic E-state index is -1.08. The zero-order valence-corrected chi connectivity index (χ0v) is 26.4. The van der Waals surface area contributed by atoms with Crippen LogP contribution in [-0.4, -0.2) is 89.7 Å². The van der Waals surface area contributed by atoms with Gasteiger partial charge in [-0.3, -0.25) is 9.88 Å². The van der Waals surface area contributed by atoms with Crippen LogP contribution < -0.4 is 14.4 Å². The SMILES string of the molecule is C#Cc1c(F)ccc2cc(OCC(=O)OCC)cc(-c3ncc4c(N(C)[C@H]5C[C@@H]5F)nc(OC[C@@]56CCCN5C[C@H](F)C6)nc4c3F)c12. The standard InChI is InChI=1S/C35H33F4N5O4/c1-4-22-25(37)8-7-19-11-21(47-17-28(45)46-5-2)12-23(29(19)22)31-30(39)32-24(15-40-31)33(43(3)27-13-26(27)38)42-34(41-32)48-18-35-9-6-10-44(35)16-20(36)14-35/h1,7-8,11-12,15,20,26-27H,5-6,9-10,13-14,16-18H2,2-3H3/t20-,26+,27+,35+/m1/s1. The number of hydrogen-bond acceptors (Lipinski definition) is 9. The van der Waals surface area contributed by atoms with Crippen LogP contribution in [0.1, 0.15) is 38.2 Å².